The van der Waals surface area contributed by atoms with Crippen molar-refractivity contribution in [2.24, 2.45) is 0 Å². The first kappa shape index (κ1) is 44.6. The van der Waals surface area contributed by atoms with E-state index in [4.69, 9.17) is 18.1 Å². The average Bonchev–Trinajstić information content (AvgIpc) is 3.41. The molecule has 9 aromatic carbocycles. The first-order chi connectivity index (χ1) is 35.1. The van der Waals surface area contributed by atoms with Crippen LogP contribution in [0.1, 0.15) is 0 Å². The van der Waals surface area contributed by atoms with Crippen molar-refractivity contribution in [3.05, 3.63) is 218 Å². The fourth-order valence-corrected chi connectivity index (χ4v) is 20.3. The summed E-state index contributed by atoms with van der Waals surface area (Å²) in [5.74, 6) is 1.99. The Morgan fingerprint density at radius 3 is 0.681 bits per heavy atom. The average molecular weight is 1020 g/mol. The minimum atomic E-state index is -3.79. The Labute approximate surface area is 417 Å². The summed E-state index contributed by atoms with van der Waals surface area (Å²) in [6.07, 6.45) is -0.623. The van der Waals surface area contributed by atoms with Crippen LogP contribution >= 0.6 is 29.5 Å². The molecule has 9 aromatic rings. The van der Waals surface area contributed by atoms with E-state index in [9.17, 15) is 0 Å². The predicted octanol–water partition coefficient (Wildman–Crippen LogP) is 13.8. The van der Waals surface area contributed by atoms with Crippen LogP contribution in [-0.2, 0) is 18.3 Å². The van der Waals surface area contributed by atoms with Crippen molar-refractivity contribution >= 4 is 62.1 Å². The van der Waals surface area contributed by atoms with E-state index in [2.05, 4.69) is 0 Å². The van der Waals surface area contributed by atoms with Crippen LogP contribution < -0.4 is 49.1 Å². The first-order valence-electron chi connectivity index (χ1n) is 23.6. The summed E-state index contributed by atoms with van der Waals surface area (Å²) in [5, 5.41) is 2.23. The van der Waals surface area contributed by atoms with Crippen molar-refractivity contribution in [3.63, 3.8) is 0 Å². The Morgan fingerprint density at radius 2 is 0.444 bits per heavy atom. The second-order valence-electron chi connectivity index (χ2n) is 18.3. The maximum absolute atomic E-state index is 15.8. The van der Waals surface area contributed by atoms with Gasteiger partial charge in [-0.3, -0.25) is 18.3 Å². The molecule has 0 radical (unpaired) electrons. The van der Waals surface area contributed by atoms with E-state index in [1.54, 1.807) is 0 Å². The second-order valence-corrected chi connectivity index (χ2v) is 27.5. The number of hydrogen-bond donors (Lipinski definition) is 0. The van der Waals surface area contributed by atoms with Crippen molar-refractivity contribution < 1.29 is 36.4 Å². The van der Waals surface area contributed by atoms with Gasteiger partial charge in [0.25, 0.3) is 29.5 Å². The van der Waals surface area contributed by atoms with Gasteiger partial charge in [0.05, 0.1) is 21.2 Å². The molecule has 0 aliphatic carbocycles. The quantitative estimate of drug-likeness (QED) is 0.123. The maximum Gasteiger partial charge on any atom is 0.296 e. The lowest BCUT2D eigenvalue weighted by atomic mass is 10.0. The molecule has 4 heterocycles. The van der Waals surface area contributed by atoms with Gasteiger partial charge in [-0.1, -0.05) is 146 Å². The number of hydrogen-bond acceptors (Lipinski definition) is 10. The summed E-state index contributed by atoms with van der Waals surface area (Å²) in [5.41, 5.74) is 7.72. The monoisotopic (exact) mass is 1020 g/mol. The molecule has 0 fully saturated rings. The van der Waals surface area contributed by atoms with E-state index in [1.807, 2.05) is 228 Å². The van der Waals surface area contributed by atoms with Crippen molar-refractivity contribution in [1.29, 1.82) is 0 Å². The Hall–Kier alpha value is -7.30. The molecule has 4 unspecified atom stereocenters. The van der Waals surface area contributed by atoms with E-state index in [0.717, 1.165) is 44.5 Å². The lowest BCUT2D eigenvalue weighted by Gasteiger charge is -2.38. The van der Waals surface area contributed by atoms with E-state index in [-0.39, 0.29) is 25.1 Å². The number of para-hydroxylation sites is 4. The number of anilines is 2. The molecule has 4 atom stereocenters. The van der Waals surface area contributed by atoms with E-state index >= 15 is 18.3 Å². The Bertz CT molecular complexity index is 3390. The Kier molecular flexibility index (Phi) is 10.7. The van der Waals surface area contributed by atoms with Crippen molar-refractivity contribution in [1.82, 2.24) is 0 Å². The zero-order chi connectivity index (χ0) is 48.7. The molecular formula is C58H44N2O8P4. The van der Waals surface area contributed by atoms with Crippen LogP contribution in [0, 0.1) is 0 Å². The van der Waals surface area contributed by atoms with Crippen molar-refractivity contribution in [2.45, 2.75) is 0 Å². The SMILES string of the molecule is O=P1(CN(CP2(=O)Oc3ccccc3-c3ccccc32)c2ccc(N(CP3(=O)Oc4ccccc4-c4ccccc43)CP3(=O)Oc4ccccc4-c4ccccc43)cc2)Oc2ccccc2-c2ccccc21. The highest BCUT2D eigenvalue weighted by Gasteiger charge is 2.45. The molecule has 354 valence electrons. The van der Waals surface area contributed by atoms with Crippen LogP contribution in [0.2, 0.25) is 0 Å². The van der Waals surface area contributed by atoms with Gasteiger partial charge >= 0.3 is 0 Å². The van der Waals surface area contributed by atoms with Crippen molar-refractivity contribution in [3.8, 4) is 67.5 Å². The molecule has 0 bridgehead atoms. The lowest BCUT2D eigenvalue weighted by molar-refractivity contribution is 0.482. The minimum absolute atomic E-state index is 0.156. The molecule has 13 rings (SSSR count). The minimum Gasteiger partial charge on any atom is -0.438 e. The summed E-state index contributed by atoms with van der Waals surface area (Å²) in [4.78, 5) is 3.67. The predicted molar refractivity (Wildman–Crippen MR) is 290 cm³/mol. The highest BCUT2D eigenvalue weighted by molar-refractivity contribution is 7.69. The van der Waals surface area contributed by atoms with Crippen LogP contribution in [0.5, 0.6) is 23.0 Å². The number of nitrogens with zero attached hydrogens (tertiary/aromatic N) is 2. The lowest BCUT2D eigenvalue weighted by Crippen LogP contribution is -2.35. The summed E-state index contributed by atoms with van der Waals surface area (Å²) < 4.78 is 89.4. The normalized spacial score (nSPS) is 21.3. The molecule has 0 N–H and O–H groups in total. The van der Waals surface area contributed by atoms with Crippen LogP contribution in [0.25, 0.3) is 44.5 Å². The van der Waals surface area contributed by atoms with Crippen LogP contribution in [0.3, 0.4) is 0 Å². The van der Waals surface area contributed by atoms with Gasteiger partial charge in [0.1, 0.15) is 48.1 Å². The zero-order valence-corrected chi connectivity index (χ0v) is 42.1. The van der Waals surface area contributed by atoms with Gasteiger partial charge in [0.2, 0.25) is 0 Å². The largest absolute Gasteiger partial charge is 0.438 e. The smallest absolute Gasteiger partial charge is 0.296 e. The van der Waals surface area contributed by atoms with E-state index in [1.165, 1.54) is 0 Å². The molecule has 0 saturated carbocycles. The molecule has 0 aromatic heterocycles. The van der Waals surface area contributed by atoms with Gasteiger partial charge in [-0.2, -0.15) is 0 Å². The van der Waals surface area contributed by atoms with Gasteiger partial charge in [-0.05, 0) is 95.1 Å². The van der Waals surface area contributed by atoms with E-state index < -0.39 is 29.5 Å². The highest BCUT2D eigenvalue weighted by Crippen LogP contribution is 2.61. The second kappa shape index (κ2) is 17.2. The zero-order valence-electron chi connectivity index (χ0n) is 38.6. The topological polar surface area (TPSA) is 112 Å². The molecular weight excluding hydrogens is 977 g/mol. The Balaban J connectivity index is 0.930. The standard InChI is InChI=1S/C58H44N2O8P4/c61-69(55-29-13-5-21-47(55)43-17-1-9-25-51(43)65-69)37-59(38-70(62)56-30-14-6-22-48(56)44-18-2-10-26-52(44)66-70)41-33-35-42(36-34-41)60(39-71(63)57-31-15-7-23-49(57)45-19-3-11-27-53(45)67-71)40-72(64)58-32-16-8-24-50(58)46-20-4-12-28-54(46)68-72/h1-36H,37-40H2. The molecule has 4 aliphatic heterocycles. The molecule has 14 heteroatoms. The Morgan fingerprint density at radius 1 is 0.250 bits per heavy atom. The van der Waals surface area contributed by atoms with Crippen LogP contribution in [0.4, 0.5) is 11.4 Å². The van der Waals surface area contributed by atoms with Crippen LogP contribution in [0.15, 0.2) is 218 Å². The van der Waals surface area contributed by atoms with Gasteiger partial charge in [0.15, 0.2) is 0 Å². The molecule has 10 nitrogen and oxygen atoms in total. The first-order valence-corrected chi connectivity index (χ1v) is 30.8. The molecule has 4 aliphatic rings. The fourth-order valence-electron chi connectivity index (χ4n) is 10.5. The van der Waals surface area contributed by atoms with Gasteiger partial charge in [0, 0.05) is 33.6 Å². The third-order valence-corrected chi connectivity index (χ3v) is 23.1. The third kappa shape index (κ3) is 7.47. The van der Waals surface area contributed by atoms with Gasteiger partial charge in [-0.15, -0.1) is 0 Å². The molecule has 72 heavy (non-hydrogen) atoms. The molecule has 0 amide bonds. The summed E-state index contributed by atoms with van der Waals surface area (Å²) in [6, 6.07) is 67.9. The van der Waals surface area contributed by atoms with Crippen molar-refractivity contribution in [2.75, 3.05) is 34.9 Å². The van der Waals surface area contributed by atoms with Gasteiger partial charge in [-0.25, -0.2) is 0 Å². The fraction of sp³-hybridized carbons (Fsp3) is 0.0690. The molecule has 0 spiro atoms. The summed E-state index contributed by atoms with van der Waals surface area (Å²) in [7, 11) is -15.1. The van der Waals surface area contributed by atoms with E-state index in [0.29, 0.717) is 55.6 Å². The van der Waals surface area contributed by atoms with Gasteiger partial charge < -0.3 is 27.9 Å². The summed E-state index contributed by atoms with van der Waals surface area (Å²) in [6.45, 7) is 0. The van der Waals surface area contributed by atoms with Crippen LogP contribution in [-0.4, -0.2) is 25.1 Å². The number of benzene rings is 9. The third-order valence-electron chi connectivity index (χ3n) is 13.8. The maximum atomic E-state index is 15.8. The summed E-state index contributed by atoms with van der Waals surface area (Å²) >= 11 is 0. The number of rotatable bonds is 10. The highest BCUT2D eigenvalue weighted by atomic mass is 31.2. The molecule has 0 saturated heterocycles. The number of fused-ring (bicyclic) bond motifs is 12.